The highest BCUT2D eigenvalue weighted by Crippen LogP contribution is 2.42. The summed E-state index contributed by atoms with van der Waals surface area (Å²) in [5.74, 6) is 1.15. The van der Waals surface area contributed by atoms with Gasteiger partial charge in [0, 0.05) is 22.3 Å². The highest BCUT2D eigenvalue weighted by atomic mass is 79.9. The molecule has 2 aromatic heterocycles. The third-order valence-corrected chi connectivity index (χ3v) is 5.79. The molecule has 1 aliphatic rings. The highest BCUT2D eigenvalue weighted by molar-refractivity contribution is 9.10. The van der Waals surface area contributed by atoms with Gasteiger partial charge in [-0.05, 0) is 84.5 Å². The fourth-order valence-electron chi connectivity index (χ4n) is 3.57. The normalized spacial score (nSPS) is 19.3. The van der Waals surface area contributed by atoms with E-state index in [-0.39, 0.29) is 23.9 Å². The van der Waals surface area contributed by atoms with E-state index in [1.54, 1.807) is 12.3 Å². The van der Waals surface area contributed by atoms with E-state index in [9.17, 15) is 4.39 Å². The number of halogens is 2. The zero-order chi connectivity index (χ0) is 19.8. The first-order valence-electron chi connectivity index (χ1n) is 9.00. The highest BCUT2D eigenvalue weighted by Gasteiger charge is 2.42. The molecule has 0 spiro atoms. The molecule has 0 amide bonds. The topological polar surface area (TPSA) is 41.3 Å². The second-order valence-corrected chi connectivity index (χ2v) is 8.19. The summed E-state index contributed by atoms with van der Waals surface area (Å²) < 4.78 is 20.3. The Kier molecular flexibility index (Phi) is 5.21. The van der Waals surface area contributed by atoms with Gasteiger partial charge in [0.15, 0.2) is 5.11 Å². The molecule has 0 radical (unpaired) electrons. The van der Waals surface area contributed by atoms with Gasteiger partial charge in [-0.15, -0.1) is 0 Å². The van der Waals surface area contributed by atoms with E-state index >= 15 is 0 Å². The summed E-state index contributed by atoms with van der Waals surface area (Å²) in [6.45, 7) is 4.20. The van der Waals surface area contributed by atoms with Crippen LogP contribution in [0.2, 0.25) is 0 Å². The van der Waals surface area contributed by atoms with Gasteiger partial charge in [-0.1, -0.05) is 6.07 Å². The molecule has 28 heavy (non-hydrogen) atoms. The van der Waals surface area contributed by atoms with Gasteiger partial charge in [0.05, 0.1) is 11.7 Å². The Bertz CT molecular complexity index is 1010. The maximum absolute atomic E-state index is 13.4. The van der Waals surface area contributed by atoms with E-state index in [0.29, 0.717) is 15.3 Å². The average molecular weight is 460 g/mol. The first-order chi connectivity index (χ1) is 13.5. The minimum Gasteiger partial charge on any atom is -0.459 e. The Balaban J connectivity index is 1.76. The number of nitrogens with one attached hydrogen (secondary N) is 1. The molecule has 1 aromatic carbocycles. The minimum absolute atomic E-state index is 0.119. The number of hydrogen-bond acceptors (Lipinski definition) is 3. The number of nitrogens with zero attached hydrogens (tertiary/aromatic N) is 2. The van der Waals surface area contributed by atoms with Crippen LogP contribution in [-0.2, 0) is 0 Å². The van der Waals surface area contributed by atoms with Gasteiger partial charge in [-0.25, -0.2) is 4.39 Å². The summed E-state index contributed by atoms with van der Waals surface area (Å²) in [5, 5.41) is 4.07. The third-order valence-electron chi connectivity index (χ3n) is 4.81. The molecule has 1 N–H and O–H groups in total. The SMILES string of the molecule is CC(C)N1C(=S)N[C@H](c2ccccn2)[C@H]1c1ccc(-c2ccc(F)cc2Br)o1. The van der Waals surface area contributed by atoms with E-state index in [1.807, 2.05) is 30.3 Å². The van der Waals surface area contributed by atoms with Crippen LogP contribution in [0.4, 0.5) is 4.39 Å². The van der Waals surface area contributed by atoms with Crippen molar-refractivity contribution in [3.63, 3.8) is 0 Å². The predicted molar refractivity (Wildman–Crippen MR) is 114 cm³/mol. The first-order valence-corrected chi connectivity index (χ1v) is 10.2. The molecule has 4 nitrogen and oxygen atoms in total. The van der Waals surface area contributed by atoms with Crippen LogP contribution in [-0.4, -0.2) is 21.0 Å². The quantitative estimate of drug-likeness (QED) is 0.512. The Morgan fingerprint density at radius 2 is 2.04 bits per heavy atom. The summed E-state index contributed by atoms with van der Waals surface area (Å²) in [7, 11) is 0. The largest absolute Gasteiger partial charge is 0.459 e. The van der Waals surface area contributed by atoms with Crippen LogP contribution < -0.4 is 5.32 Å². The van der Waals surface area contributed by atoms with Crippen molar-refractivity contribution < 1.29 is 8.81 Å². The fraction of sp³-hybridized carbons (Fsp3) is 0.238. The molecule has 1 saturated heterocycles. The summed E-state index contributed by atoms with van der Waals surface area (Å²) in [4.78, 5) is 6.65. The van der Waals surface area contributed by atoms with E-state index in [0.717, 1.165) is 17.0 Å². The van der Waals surface area contributed by atoms with Gasteiger partial charge < -0.3 is 14.6 Å². The molecule has 0 aliphatic carbocycles. The maximum Gasteiger partial charge on any atom is 0.170 e. The number of hydrogen-bond donors (Lipinski definition) is 1. The summed E-state index contributed by atoms with van der Waals surface area (Å²) in [6.07, 6.45) is 1.78. The fourth-order valence-corrected chi connectivity index (χ4v) is 4.57. The smallest absolute Gasteiger partial charge is 0.170 e. The summed E-state index contributed by atoms with van der Waals surface area (Å²) in [5.41, 5.74) is 1.70. The molecular weight excluding hydrogens is 441 g/mol. The van der Waals surface area contributed by atoms with Crippen LogP contribution >= 0.6 is 28.1 Å². The lowest BCUT2D eigenvalue weighted by atomic mass is 10.0. The Morgan fingerprint density at radius 3 is 2.71 bits per heavy atom. The van der Waals surface area contributed by atoms with Gasteiger partial charge in [-0.3, -0.25) is 4.98 Å². The molecule has 7 heteroatoms. The molecule has 3 heterocycles. The number of thiocarbonyl (C=S) groups is 1. The van der Waals surface area contributed by atoms with Crippen LogP contribution in [0.3, 0.4) is 0 Å². The van der Waals surface area contributed by atoms with Crippen molar-refractivity contribution in [1.29, 1.82) is 0 Å². The average Bonchev–Trinajstić information content (AvgIpc) is 3.26. The minimum atomic E-state index is -0.297. The van der Waals surface area contributed by atoms with Gasteiger partial charge in [0.25, 0.3) is 0 Å². The third kappa shape index (κ3) is 3.44. The van der Waals surface area contributed by atoms with E-state index in [2.05, 4.69) is 45.0 Å². The molecule has 0 unspecified atom stereocenters. The lowest BCUT2D eigenvalue weighted by molar-refractivity contribution is 0.237. The number of rotatable bonds is 4. The van der Waals surface area contributed by atoms with Crippen LogP contribution in [0.25, 0.3) is 11.3 Å². The monoisotopic (exact) mass is 459 g/mol. The molecular formula is C21H19BrFN3OS. The van der Waals surface area contributed by atoms with Crippen molar-refractivity contribution in [3.05, 3.63) is 76.5 Å². The van der Waals surface area contributed by atoms with Crippen molar-refractivity contribution in [2.75, 3.05) is 0 Å². The Morgan fingerprint density at radius 1 is 1.21 bits per heavy atom. The van der Waals surface area contributed by atoms with E-state index in [1.165, 1.54) is 12.1 Å². The van der Waals surface area contributed by atoms with Gasteiger partial charge in [0.2, 0.25) is 0 Å². The van der Waals surface area contributed by atoms with Crippen molar-refractivity contribution >= 4 is 33.3 Å². The first kappa shape index (κ1) is 19.1. The molecule has 2 atom stereocenters. The molecule has 3 aromatic rings. The molecule has 1 aliphatic heterocycles. The molecule has 4 rings (SSSR count). The van der Waals surface area contributed by atoms with E-state index in [4.69, 9.17) is 16.6 Å². The second kappa shape index (κ2) is 7.64. The zero-order valence-corrected chi connectivity index (χ0v) is 17.8. The molecule has 0 saturated carbocycles. The molecule has 1 fully saturated rings. The number of aromatic nitrogens is 1. The van der Waals surface area contributed by atoms with Gasteiger partial charge in [0.1, 0.15) is 23.4 Å². The summed E-state index contributed by atoms with van der Waals surface area (Å²) in [6, 6.07) is 14.2. The van der Waals surface area contributed by atoms with Crippen LogP contribution in [0, 0.1) is 5.82 Å². The second-order valence-electron chi connectivity index (χ2n) is 6.95. The number of benzene rings is 1. The molecule has 144 valence electrons. The van der Waals surface area contributed by atoms with Crippen LogP contribution in [0.5, 0.6) is 0 Å². The lowest BCUT2D eigenvalue weighted by Gasteiger charge is -2.29. The lowest BCUT2D eigenvalue weighted by Crippen LogP contribution is -2.35. The standard InChI is InChI=1S/C21H19BrFN3OS/c1-12(2)26-20(19(25-21(26)28)16-5-3-4-10-24-16)18-9-8-17(27-18)14-7-6-13(23)11-15(14)22/h3-12,19-20H,1-2H3,(H,25,28)/t19-,20-/m1/s1. The zero-order valence-electron chi connectivity index (χ0n) is 15.4. The van der Waals surface area contributed by atoms with Crippen molar-refractivity contribution in [3.8, 4) is 11.3 Å². The van der Waals surface area contributed by atoms with Crippen molar-refractivity contribution in [2.45, 2.75) is 32.0 Å². The summed E-state index contributed by atoms with van der Waals surface area (Å²) >= 11 is 9.02. The van der Waals surface area contributed by atoms with Crippen molar-refractivity contribution in [2.24, 2.45) is 0 Å². The van der Waals surface area contributed by atoms with Gasteiger partial charge in [-0.2, -0.15) is 0 Å². The maximum atomic E-state index is 13.4. The van der Waals surface area contributed by atoms with Gasteiger partial charge >= 0.3 is 0 Å². The number of furan rings is 1. The van der Waals surface area contributed by atoms with E-state index < -0.39 is 0 Å². The van der Waals surface area contributed by atoms with Crippen LogP contribution in [0.15, 0.2) is 63.6 Å². The predicted octanol–water partition coefficient (Wildman–Crippen LogP) is 5.62. The molecule has 0 bridgehead atoms. The Hall–Kier alpha value is -2.25. The van der Waals surface area contributed by atoms with Crippen LogP contribution in [0.1, 0.15) is 37.4 Å². The Labute approximate surface area is 176 Å². The number of pyridine rings is 1. The van der Waals surface area contributed by atoms with Crippen molar-refractivity contribution in [1.82, 2.24) is 15.2 Å².